The van der Waals surface area contributed by atoms with Crippen LogP contribution in [0.5, 0.6) is 5.75 Å². The largest absolute Gasteiger partial charge is 0.497 e. The fraction of sp³-hybridized carbons (Fsp3) is 0.350. The van der Waals surface area contributed by atoms with E-state index in [0.717, 1.165) is 35.2 Å². The second-order valence-electron chi connectivity index (χ2n) is 14.1. The van der Waals surface area contributed by atoms with E-state index >= 15 is 0 Å². The molecule has 49 heavy (non-hydrogen) atoms. The van der Waals surface area contributed by atoms with Gasteiger partial charge >= 0.3 is 6.03 Å². The molecular formula is C40H45BrN4O3Si. The fourth-order valence-corrected chi connectivity index (χ4v) is 12.8. The summed E-state index contributed by atoms with van der Waals surface area (Å²) in [7, 11) is -1.30. The van der Waals surface area contributed by atoms with Gasteiger partial charge in [0.15, 0.2) is 0 Å². The predicted molar refractivity (Wildman–Crippen MR) is 202 cm³/mol. The number of methoxy groups -OCH3 is 1. The van der Waals surface area contributed by atoms with Crippen LogP contribution in [0.1, 0.15) is 45.1 Å². The van der Waals surface area contributed by atoms with Crippen molar-refractivity contribution >= 4 is 46.3 Å². The van der Waals surface area contributed by atoms with Gasteiger partial charge in [-0.25, -0.2) is 4.79 Å². The van der Waals surface area contributed by atoms with E-state index in [1.54, 1.807) is 7.11 Å². The first-order chi connectivity index (χ1) is 23.6. The summed E-state index contributed by atoms with van der Waals surface area (Å²) in [5.41, 5.74) is 0.877. The average Bonchev–Trinajstić information content (AvgIpc) is 3.10. The van der Waals surface area contributed by atoms with Gasteiger partial charge in [0.05, 0.1) is 19.8 Å². The highest BCUT2D eigenvalue weighted by Gasteiger charge is 2.63. The van der Waals surface area contributed by atoms with E-state index < -0.39 is 13.9 Å². The maximum Gasteiger partial charge on any atom is 0.321 e. The van der Waals surface area contributed by atoms with Crippen LogP contribution in [0.4, 0.5) is 10.5 Å². The first kappa shape index (κ1) is 34.9. The number of ether oxygens (including phenoxy) is 1. The highest BCUT2D eigenvalue weighted by molar-refractivity contribution is 9.10. The maximum absolute atomic E-state index is 13.7. The van der Waals surface area contributed by atoms with E-state index in [2.05, 4.69) is 114 Å². The molecule has 2 aliphatic rings. The Labute approximate surface area is 300 Å². The molecule has 4 aromatic rings. The van der Waals surface area contributed by atoms with Gasteiger partial charge < -0.3 is 19.4 Å². The molecule has 0 radical (unpaired) electrons. The number of nitrogens with one attached hydrogen (secondary N) is 1. The van der Waals surface area contributed by atoms with E-state index in [4.69, 9.17) is 9.16 Å². The van der Waals surface area contributed by atoms with Gasteiger partial charge in [-0.3, -0.25) is 4.90 Å². The molecule has 9 heteroatoms. The van der Waals surface area contributed by atoms with Gasteiger partial charge in [-0.2, -0.15) is 5.26 Å². The molecule has 0 aromatic heterocycles. The van der Waals surface area contributed by atoms with E-state index in [0.29, 0.717) is 18.8 Å². The summed E-state index contributed by atoms with van der Waals surface area (Å²) in [5.74, 6) is 0.568. The van der Waals surface area contributed by atoms with Crippen LogP contribution >= 0.6 is 15.9 Å². The maximum atomic E-state index is 13.7. The number of amides is 2. The molecule has 0 saturated carbocycles. The minimum absolute atomic E-state index is 0.0505. The van der Waals surface area contributed by atoms with Crippen LogP contribution < -0.4 is 20.4 Å². The van der Waals surface area contributed by atoms with Crippen LogP contribution in [0.3, 0.4) is 0 Å². The lowest BCUT2D eigenvalue weighted by atomic mass is 9.65. The first-order valence-corrected chi connectivity index (χ1v) is 19.7. The molecule has 6 rings (SSSR count). The summed E-state index contributed by atoms with van der Waals surface area (Å²) in [6, 6.07) is 39.5. The second-order valence-corrected chi connectivity index (χ2v) is 19.3. The van der Waals surface area contributed by atoms with E-state index in [1.165, 1.54) is 10.4 Å². The minimum Gasteiger partial charge on any atom is -0.497 e. The quantitative estimate of drug-likeness (QED) is 0.191. The van der Waals surface area contributed by atoms with Crippen molar-refractivity contribution in [1.29, 1.82) is 5.26 Å². The zero-order valence-corrected chi connectivity index (χ0v) is 31.3. The highest BCUT2D eigenvalue weighted by atomic mass is 79.9. The SMILES string of the molecule is COc1ccc(NC(=O)N2CCCCN3[C@@H](C2)[C@@H](c2ccc(Br)cc2)[C@]3(C#N)CO[Si](c2ccccc2)(c2ccccc2)C(C)(C)C)cc1. The van der Waals surface area contributed by atoms with Gasteiger partial charge in [0, 0.05) is 41.8 Å². The number of carbonyl (C=O) groups excluding carboxylic acids is 1. The Morgan fingerprint density at radius 1 is 0.918 bits per heavy atom. The number of urea groups is 1. The average molecular weight is 738 g/mol. The topological polar surface area (TPSA) is 77.8 Å². The van der Waals surface area contributed by atoms with Crippen molar-refractivity contribution in [2.45, 2.75) is 56.1 Å². The number of nitrogens with zero attached hydrogens (tertiary/aromatic N) is 3. The van der Waals surface area contributed by atoms with Gasteiger partial charge in [-0.05, 0) is 70.2 Å². The molecule has 0 spiro atoms. The number of benzene rings is 4. The predicted octanol–water partition coefficient (Wildman–Crippen LogP) is 7.39. The Kier molecular flexibility index (Phi) is 10.3. The molecule has 0 aliphatic carbocycles. The number of anilines is 1. The number of halogens is 1. The third-order valence-corrected chi connectivity index (χ3v) is 15.8. The highest BCUT2D eigenvalue weighted by Crippen LogP contribution is 2.51. The lowest BCUT2D eigenvalue weighted by molar-refractivity contribution is -0.0999. The smallest absolute Gasteiger partial charge is 0.321 e. The molecule has 2 aliphatic heterocycles. The molecule has 7 nitrogen and oxygen atoms in total. The second kappa shape index (κ2) is 14.5. The number of carbonyl (C=O) groups is 1. The molecule has 254 valence electrons. The summed E-state index contributed by atoms with van der Waals surface area (Å²) in [5, 5.41) is 16.5. The van der Waals surface area contributed by atoms with Crippen molar-refractivity contribution in [2.75, 3.05) is 38.7 Å². The zero-order valence-electron chi connectivity index (χ0n) is 28.7. The van der Waals surface area contributed by atoms with Crippen molar-refractivity contribution in [3.63, 3.8) is 0 Å². The Hall–Kier alpha value is -3.94. The molecule has 2 saturated heterocycles. The molecule has 0 unspecified atom stereocenters. The lowest BCUT2D eigenvalue weighted by Crippen LogP contribution is -2.77. The molecule has 3 atom stereocenters. The number of hydrogen-bond donors (Lipinski definition) is 1. The number of fused-ring (bicyclic) bond motifs is 1. The molecule has 2 amide bonds. The standard InChI is InChI=1S/C40H45BrN4O3Si/c1-39(2,3)49(34-13-7-5-8-14-34,35-15-9-6-10-16-35)48-29-40(28-42)37(30-17-19-31(41)20-18-30)36-27-44(25-11-12-26-45(36)40)38(46)43-32-21-23-33(47-4)24-22-32/h5-10,13-24,36-37H,11-12,25-27,29H2,1-4H3,(H,43,46)/t36-,37+,40-/m0/s1. The monoisotopic (exact) mass is 736 g/mol. The van der Waals surface area contributed by atoms with Gasteiger partial charge in [-0.15, -0.1) is 0 Å². The molecule has 4 aromatic carbocycles. The van der Waals surface area contributed by atoms with Crippen molar-refractivity contribution in [1.82, 2.24) is 9.80 Å². The van der Waals surface area contributed by atoms with Crippen molar-refractivity contribution in [3.8, 4) is 11.8 Å². The van der Waals surface area contributed by atoms with Gasteiger partial charge in [0.25, 0.3) is 8.32 Å². The molecule has 2 heterocycles. The molecule has 2 fully saturated rings. The van der Waals surface area contributed by atoms with E-state index in [1.807, 2.05) is 53.4 Å². The number of hydrogen-bond acceptors (Lipinski definition) is 5. The van der Waals surface area contributed by atoms with Crippen LogP contribution in [0.15, 0.2) is 114 Å². The lowest BCUT2D eigenvalue weighted by Gasteiger charge is -2.62. The zero-order chi connectivity index (χ0) is 34.6. The van der Waals surface area contributed by atoms with Crippen LogP contribution in [0.2, 0.25) is 5.04 Å². The summed E-state index contributed by atoms with van der Waals surface area (Å²) >= 11 is 3.61. The summed E-state index contributed by atoms with van der Waals surface area (Å²) in [6.07, 6.45) is 1.72. The van der Waals surface area contributed by atoms with Crippen LogP contribution in [0, 0.1) is 11.3 Å². The normalized spacial score (nSPS) is 21.3. The summed E-state index contributed by atoms with van der Waals surface area (Å²) < 4.78 is 13.8. The fourth-order valence-electron chi connectivity index (χ4n) is 7.91. The molecule has 0 bridgehead atoms. The molecule has 1 N–H and O–H groups in total. The van der Waals surface area contributed by atoms with Gasteiger partial charge in [0.1, 0.15) is 11.3 Å². The Bertz CT molecular complexity index is 1720. The van der Waals surface area contributed by atoms with Gasteiger partial charge in [-0.1, -0.05) is 109 Å². The van der Waals surface area contributed by atoms with Crippen LogP contribution in [-0.4, -0.2) is 69.1 Å². The third kappa shape index (κ3) is 6.67. The minimum atomic E-state index is -2.93. The van der Waals surface area contributed by atoms with Crippen molar-refractivity contribution < 1.29 is 14.0 Å². The van der Waals surface area contributed by atoms with E-state index in [-0.39, 0.29) is 29.6 Å². The summed E-state index contributed by atoms with van der Waals surface area (Å²) in [4.78, 5) is 18.0. The number of rotatable bonds is 8. The summed E-state index contributed by atoms with van der Waals surface area (Å²) in [6.45, 7) is 8.98. The Morgan fingerprint density at radius 2 is 1.51 bits per heavy atom. The van der Waals surface area contributed by atoms with Crippen molar-refractivity contribution in [2.24, 2.45) is 0 Å². The van der Waals surface area contributed by atoms with Crippen LogP contribution in [0.25, 0.3) is 0 Å². The van der Waals surface area contributed by atoms with E-state index in [9.17, 15) is 10.1 Å². The third-order valence-electron chi connectivity index (χ3n) is 10.3. The first-order valence-electron chi connectivity index (χ1n) is 17.0. The van der Waals surface area contributed by atoms with Gasteiger partial charge in [0.2, 0.25) is 0 Å². The Morgan fingerprint density at radius 3 is 2.06 bits per heavy atom. The number of nitriles is 1. The Balaban J connectivity index is 1.37. The van der Waals surface area contributed by atoms with Crippen LogP contribution in [-0.2, 0) is 4.43 Å². The van der Waals surface area contributed by atoms with Crippen molar-refractivity contribution in [3.05, 3.63) is 119 Å². The molecular weight excluding hydrogens is 692 g/mol.